The summed E-state index contributed by atoms with van der Waals surface area (Å²) in [5, 5.41) is 30.1. The summed E-state index contributed by atoms with van der Waals surface area (Å²) in [6, 6.07) is 0. The minimum Gasteiger partial charge on any atom is -0.454 e. The average molecular weight is 234 g/mol. The van der Waals surface area contributed by atoms with Crippen LogP contribution in [0.1, 0.15) is 0 Å². The fraction of sp³-hybridized carbons (Fsp3) is 0.750. The summed E-state index contributed by atoms with van der Waals surface area (Å²) in [5.74, 6) is -1.89. The summed E-state index contributed by atoms with van der Waals surface area (Å²) < 4.78 is 4.47. The van der Waals surface area contributed by atoms with E-state index in [2.05, 4.69) is 10.1 Å². The van der Waals surface area contributed by atoms with Crippen LogP contribution in [0.3, 0.4) is 0 Å². The predicted molar refractivity (Wildman–Crippen MR) is 50.0 cm³/mol. The molecule has 0 unspecified atom stereocenters. The lowest BCUT2D eigenvalue weighted by Crippen LogP contribution is -2.48. The lowest BCUT2D eigenvalue weighted by Gasteiger charge is -2.19. The number of cyclic esters (lactones) is 1. The molecule has 1 amide bonds. The maximum absolute atomic E-state index is 11.2. The first-order chi connectivity index (χ1) is 7.49. The zero-order valence-corrected chi connectivity index (χ0v) is 8.37. The quantitative estimate of drug-likeness (QED) is 0.312. The molecule has 0 aromatic heterocycles. The molecule has 0 spiro atoms. The molecular weight excluding hydrogens is 220 g/mol. The van der Waals surface area contributed by atoms with Gasteiger partial charge in [-0.2, -0.15) is 0 Å². The van der Waals surface area contributed by atoms with Crippen LogP contribution < -0.4 is 11.1 Å². The van der Waals surface area contributed by atoms with Gasteiger partial charge in [0, 0.05) is 13.1 Å². The molecule has 0 bridgehead atoms. The molecule has 0 aromatic rings. The Bertz CT molecular complexity index is 284. The molecule has 1 fully saturated rings. The number of aliphatic hydroxyl groups excluding tert-OH is 3. The van der Waals surface area contributed by atoms with E-state index >= 15 is 0 Å². The lowest BCUT2D eigenvalue weighted by atomic mass is 10.1. The Morgan fingerprint density at radius 1 is 1.56 bits per heavy atom. The average Bonchev–Trinajstić information content (AvgIpc) is 2.52. The molecule has 16 heavy (non-hydrogen) atoms. The molecule has 1 heterocycles. The summed E-state index contributed by atoms with van der Waals surface area (Å²) in [6.45, 7) is 0.337. The molecule has 4 atom stereocenters. The van der Waals surface area contributed by atoms with Gasteiger partial charge in [-0.1, -0.05) is 0 Å². The highest BCUT2D eigenvalue weighted by atomic mass is 16.6. The summed E-state index contributed by atoms with van der Waals surface area (Å²) in [6.07, 6.45) is -6.55. The summed E-state index contributed by atoms with van der Waals surface area (Å²) in [7, 11) is 0. The van der Waals surface area contributed by atoms with Crippen molar-refractivity contribution in [3.05, 3.63) is 0 Å². The third-order valence-electron chi connectivity index (χ3n) is 2.18. The van der Waals surface area contributed by atoms with Crippen LogP contribution in [0.25, 0.3) is 0 Å². The van der Waals surface area contributed by atoms with Gasteiger partial charge in [0.1, 0.15) is 6.10 Å². The molecule has 0 radical (unpaired) electrons. The van der Waals surface area contributed by atoms with Crippen molar-refractivity contribution in [2.24, 2.45) is 5.73 Å². The number of carbonyl (C=O) groups excluding carboxylic acids is 2. The van der Waals surface area contributed by atoms with Crippen molar-refractivity contribution in [2.45, 2.75) is 24.4 Å². The van der Waals surface area contributed by atoms with E-state index in [1.807, 2.05) is 0 Å². The van der Waals surface area contributed by atoms with E-state index < -0.39 is 36.3 Å². The Kier molecular flexibility index (Phi) is 4.19. The van der Waals surface area contributed by atoms with Crippen molar-refractivity contribution in [1.29, 1.82) is 0 Å². The van der Waals surface area contributed by atoms with Crippen LogP contribution >= 0.6 is 0 Å². The number of esters is 1. The van der Waals surface area contributed by atoms with E-state index in [1.165, 1.54) is 0 Å². The first-order valence-corrected chi connectivity index (χ1v) is 4.71. The zero-order valence-electron chi connectivity index (χ0n) is 8.37. The standard InChI is InChI=1S/C8H14N2O6/c9-1-2-10-7(14)5(13)6-3(11)4(12)8(15)16-6/h3-6,11-13H,1-2,9H2,(H,10,14)/t3-,4-,5+,6+/m1/s1. The second-order valence-electron chi connectivity index (χ2n) is 3.36. The number of nitrogens with two attached hydrogens (primary N) is 1. The number of ether oxygens (including phenoxy) is 1. The molecule has 92 valence electrons. The van der Waals surface area contributed by atoms with Crippen LogP contribution in [0.5, 0.6) is 0 Å². The third-order valence-corrected chi connectivity index (χ3v) is 2.18. The van der Waals surface area contributed by atoms with E-state index in [-0.39, 0.29) is 13.1 Å². The van der Waals surface area contributed by atoms with Gasteiger partial charge in [0.05, 0.1) is 0 Å². The van der Waals surface area contributed by atoms with Gasteiger partial charge in [0.2, 0.25) is 0 Å². The van der Waals surface area contributed by atoms with Gasteiger partial charge in [-0.15, -0.1) is 0 Å². The Hall–Kier alpha value is -1.22. The van der Waals surface area contributed by atoms with Crippen molar-refractivity contribution < 1.29 is 29.6 Å². The number of aliphatic hydroxyl groups is 3. The van der Waals surface area contributed by atoms with Crippen molar-refractivity contribution in [3.63, 3.8) is 0 Å². The van der Waals surface area contributed by atoms with Gasteiger partial charge < -0.3 is 31.1 Å². The largest absolute Gasteiger partial charge is 0.454 e. The number of hydrogen-bond acceptors (Lipinski definition) is 7. The Labute approximate surface area is 91.0 Å². The molecule has 0 saturated carbocycles. The molecule has 0 aliphatic carbocycles. The smallest absolute Gasteiger partial charge is 0.338 e. The minimum atomic E-state index is -1.73. The molecule has 1 rings (SSSR count). The van der Waals surface area contributed by atoms with Crippen LogP contribution in [0, 0.1) is 0 Å². The van der Waals surface area contributed by atoms with Crippen molar-refractivity contribution in [3.8, 4) is 0 Å². The number of carbonyl (C=O) groups is 2. The first kappa shape index (κ1) is 12.8. The van der Waals surface area contributed by atoms with Gasteiger partial charge in [0.25, 0.3) is 5.91 Å². The maximum atomic E-state index is 11.2. The van der Waals surface area contributed by atoms with E-state index in [1.54, 1.807) is 0 Å². The molecular formula is C8H14N2O6. The summed E-state index contributed by atoms with van der Waals surface area (Å²) >= 11 is 0. The predicted octanol–water partition coefficient (Wildman–Crippen LogP) is -3.93. The van der Waals surface area contributed by atoms with Gasteiger partial charge in [0.15, 0.2) is 18.3 Å². The highest BCUT2D eigenvalue weighted by molar-refractivity contribution is 5.84. The molecule has 1 aliphatic rings. The second kappa shape index (κ2) is 5.21. The molecule has 8 heteroatoms. The number of amides is 1. The third kappa shape index (κ3) is 2.47. The fourth-order valence-electron chi connectivity index (χ4n) is 1.29. The Morgan fingerprint density at radius 3 is 2.62 bits per heavy atom. The number of hydrogen-bond donors (Lipinski definition) is 5. The molecule has 0 aromatic carbocycles. The van der Waals surface area contributed by atoms with E-state index in [0.29, 0.717) is 0 Å². The van der Waals surface area contributed by atoms with E-state index in [0.717, 1.165) is 0 Å². The van der Waals surface area contributed by atoms with Crippen LogP contribution in [-0.4, -0.2) is 64.7 Å². The molecule has 8 nitrogen and oxygen atoms in total. The topological polar surface area (TPSA) is 142 Å². The number of nitrogens with one attached hydrogen (secondary N) is 1. The van der Waals surface area contributed by atoms with Crippen LogP contribution in [-0.2, 0) is 14.3 Å². The molecule has 1 saturated heterocycles. The van der Waals surface area contributed by atoms with Crippen molar-refractivity contribution >= 4 is 11.9 Å². The normalized spacial score (nSPS) is 31.0. The highest BCUT2D eigenvalue weighted by Crippen LogP contribution is 2.18. The van der Waals surface area contributed by atoms with Crippen molar-refractivity contribution in [2.75, 3.05) is 13.1 Å². The number of rotatable bonds is 4. The Balaban J connectivity index is 2.57. The van der Waals surface area contributed by atoms with E-state index in [4.69, 9.17) is 10.8 Å². The monoisotopic (exact) mass is 234 g/mol. The highest BCUT2D eigenvalue weighted by Gasteiger charge is 2.48. The van der Waals surface area contributed by atoms with Gasteiger partial charge in [-0.25, -0.2) is 4.79 Å². The lowest BCUT2D eigenvalue weighted by molar-refractivity contribution is -0.153. The summed E-state index contributed by atoms with van der Waals surface area (Å²) in [5.41, 5.74) is 5.13. The van der Waals surface area contributed by atoms with Crippen LogP contribution in [0.2, 0.25) is 0 Å². The second-order valence-corrected chi connectivity index (χ2v) is 3.36. The van der Waals surface area contributed by atoms with Gasteiger partial charge in [-0.3, -0.25) is 4.79 Å². The van der Waals surface area contributed by atoms with Gasteiger partial charge in [-0.05, 0) is 0 Å². The first-order valence-electron chi connectivity index (χ1n) is 4.71. The van der Waals surface area contributed by atoms with Crippen LogP contribution in [0.15, 0.2) is 0 Å². The van der Waals surface area contributed by atoms with Crippen LogP contribution in [0.4, 0.5) is 0 Å². The SMILES string of the molecule is NCCNC(=O)[C@@H](O)[C@H]1OC(=O)[C@H](O)[C@H]1O. The zero-order chi connectivity index (χ0) is 12.3. The summed E-state index contributed by atoms with van der Waals surface area (Å²) in [4.78, 5) is 22.1. The Morgan fingerprint density at radius 2 is 2.19 bits per heavy atom. The molecule has 6 N–H and O–H groups in total. The maximum Gasteiger partial charge on any atom is 0.338 e. The van der Waals surface area contributed by atoms with Gasteiger partial charge >= 0.3 is 5.97 Å². The fourth-order valence-corrected chi connectivity index (χ4v) is 1.29. The van der Waals surface area contributed by atoms with E-state index in [9.17, 15) is 19.8 Å². The minimum absolute atomic E-state index is 0.148. The van der Waals surface area contributed by atoms with Crippen molar-refractivity contribution in [1.82, 2.24) is 5.32 Å². The molecule has 1 aliphatic heterocycles.